The van der Waals surface area contributed by atoms with E-state index in [1.54, 1.807) is 30.7 Å². The monoisotopic (exact) mass is 244 g/mol. The van der Waals surface area contributed by atoms with Gasteiger partial charge in [-0.1, -0.05) is 19.1 Å². The SMILES string of the molecule is CCCOc1cccc(C(=O)Cc2ccoc2)c1. The first-order chi connectivity index (χ1) is 8.79. The first kappa shape index (κ1) is 12.4. The van der Waals surface area contributed by atoms with E-state index in [0.717, 1.165) is 17.7 Å². The van der Waals surface area contributed by atoms with Crippen molar-refractivity contribution in [3.63, 3.8) is 0 Å². The fraction of sp³-hybridized carbons (Fsp3) is 0.267. The van der Waals surface area contributed by atoms with Crippen LogP contribution >= 0.6 is 0 Å². The molecule has 0 radical (unpaired) electrons. The Morgan fingerprint density at radius 2 is 2.22 bits per heavy atom. The van der Waals surface area contributed by atoms with Gasteiger partial charge in [0.15, 0.2) is 5.78 Å². The maximum absolute atomic E-state index is 12.0. The van der Waals surface area contributed by atoms with Gasteiger partial charge in [0, 0.05) is 12.0 Å². The molecule has 2 rings (SSSR count). The zero-order chi connectivity index (χ0) is 12.8. The molecule has 0 aliphatic heterocycles. The van der Waals surface area contributed by atoms with Crippen molar-refractivity contribution in [1.29, 1.82) is 0 Å². The van der Waals surface area contributed by atoms with Gasteiger partial charge in [-0.2, -0.15) is 0 Å². The molecule has 0 N–H and O–H groups in total. The molecule has 0 amide bonds. The minimum atomic E-state index is 0.0679. The Bertz CT molecular complexity index is 500. The molecule has 1 aromatic heterocycles. The van der Waals surface area contributed by atoms with Crippen LogP contribution in [-0.4, -0.2) is 12.4 Å². The molecule has 1 aromatic carbocycles. The summed E-state index contributed by atoms with van der Waals surface area (Å²) in [6, 6.07) is 9.10. The summed E-state index contributed by atoms with van der Waals surface area (Å²) >= 11 is 0. The van der Waals surface area contributed by atoms with Crippen LogP contribution in [0.3, 0.4) is 0 Å². The first-order valence-electron chi connectivity index (χ1n) is 6.06. The minimum Gasteiger partial charge on any atom is -0.494 e. The molecule has 2 aromatic rings. The van der Waals surface area contributed by atoms with Crippen LogP contribution in [0.5, 0.6) is 5.75 Å². The van der Waals surface area contributed by atoms with Crippen molar-refractivity contribution in [3.8, 4) is 5.75 Å². The molecule has 0 aliphatic carbocycles. The summed E-state index contributed by atoms with van der Waals surface area (Å²) in [7, 11) is 0. The van der Waals surface area contributed by atoms with Crippen LogP contribution in [0.1, 0.15) is 29.3 Å². The lowest BCUT2D eigenvalue weighted by Crippen LogP contribution is -2.03. The van der Waals surface area contributed by atoms with E-state index in [1.807, 2.05) is 19.1 Å². The number of Topliss-reactive ketones (excluding diaryl/α,β-unsaturated/α-hetero) is 1. The number of benzene rings is 1. The third kappa shape index (κ3) is 3.23. The summed E-state index contributed by atoms with van der Waals surface area (Å²) in [6.45, 7) is 2.72. The molecular formula is C15H16O3. The van der Waals surface area contributed by atoms with Crippen molar-refractivity contribution in [1.82, 2.24) is 0 Å². The summed E-state index contributed by atoms with van der Waals surface area (Å²) < 4.78 is 10.5. The lowest BCUT2D eigenvalue weighted by atomic mass is 10.1. The van der Waals surface area contributed by atoms with Crippen molar-refractivity contribution in [2.45, 2.75) is 19.8 Å². The molecule has 0 saturated heterocycles. The number of ether oxygens (including phenoxy) is 1. The van der Waals surface area contributed by atoms with Crippen LogP contribution in [0.15, 0.2) is 47.3 Å². The average Bonchev–Trinajstić information content (AvgIpc) is 2.89. The molecule has 0 bridgehead atoms. The molecule has 0 spiro atoms. The molecule has 0 aliphatic rings. The highest BCUT2D eigenvalue weighted by Gasteiger charge is 2.08. The van der Waals surface area contributed by atoms with Gasteiger partial charge in [-0.05, 0) is 30.2 Å². The van der Waals surface area contributed by atoms with Crippen molar-refractivity contribution < 1.29 is 13.9 Å². The molecule has 0 saturated carbocycles. The van der Waals surface area contributed by atoms with Crippen molar-refractivity contribution in [3.05, 3.63) is 54.0 Å². The number of furan rings is 1. The topological polar surface area (TPSA) is 39.4 Å². The van der Waals surface area contributed by atoms with Gasteiger partial charge >= 0.3 is 0 Å². The highest BCUT2D eigenvalue weighted by Crippen LogP contribution is 2.15. The fourth-order valence-electron chi connectivity index (χ4n) is 1.66. The van der Waals surface area contributed by atoms with E-state index in [4.69, 9.17) is 9.15 Å². The zero-order valence-electron chi connectivity index (χ0n) is 10.4. The van der Waals surface area contributed by atoms with Crippen LogP contribution in [0.25, 0.3) is 0 Å². The standard InChI is InChI=1S/C15H16O3/c1-2-7-18-14-5-3-4-13(10-14)15(16)9-12-6-8-17-11-12/h3-6,8,10-11H,2,7,9H2,1H3. The van der Waals surface area contributed by atoms with Gasteiger partial charge in [-0.25, -0.2) is 0 Å². The average molecular weight is 244 g/mol. The molecule has 0 unspecified atom stereocenters. The van der Waals surface area contributed by atoms with E-state index in [2.05, 4.69) is 0 Å². The molecule has 0 fully saturated rings. The van der Waals surface area contributed by atoms with Gasteiger partial charge in [0.25, 0.3) is 0 Å². The largest absolute Gasteiger partial charge is 0.494 e. The number of ketones is 1. The summed E-state index contributed by atoms with van der Waals surface area (Å²) in [4.78, 5) is 12.0. The number of carbonyl (C=O) groups is 1. The van der Waals surface area contributed by atoms with Crippen LogP contribution in [0.4, 0.5) is 0 Å². The van der Waals surface area contributed by atoms with Gasteiger partial charge in [0.05, 0.1) is 19.1 Å². The molecular weight excluding hydrogens is 228 g/mol. The second kappa shape index (κ2) is 6.05. The highest BCUT2D eigenvalue weighted by molar-refractivity contribution is 5.97. The van der Waals surface area contributed by atoms with Gasteiger partial charge in [-0.3, -0.25) is 4.79 Å². The number of rotatable bonds is 6. The predicted molar refractivity (Wildman–Crippen MR) is 69.0 cm³/mol. The smallest absolute Gasteiger partial charge is 0.167 e. The van der Waals surface area contributed by atoms with Crippen molar-refractivity contribution in [2.24, 2.45) is 0 Å². The Kier molecular flexibility index (Phi) is 4.18. The Morgan fingerprint density at radius 3 is 2.94 bits per heavy atom. The molecule has 3 heteroatoms. The summed E-state index contributed by atoms with van der Waals surface area (Å²) in [5.41, 5.74) is 1.56. The van der Waals surface area contributed by atoms with Gasteiger partial charge in [0.1, 0.15) is 5.75 Å². The zero-order valence-corrected chi connectivity index (χ0v) is 10.4. The highest BCUT2D eigenvalue weighted by atomic mass is 16.5. The van der Waals surface area contributed by atoms with E-state index < -0.39 is 0 Å². The Morgan fingerprint density at radius 1 is 1.33 bits per heavy atom. The molecule has 94 valence electrons. The van der Waals surface area contributed by atoms with Crippen LogP contribution in [0.2, 0.25) is 0 Å². The van der Waals surface area contributed by atoms with Crippen LogP contribution < -0.4 is 4.74 Å². The summed E-state index contributed by atoms with van der Waals surface area (Å²) in [6.07, 6.45) is 4.47. The first-order valence-corrected chi connectivity index (χ1v) is 6.06. The summed E-state index contributed by atoms with van der Waals surface area (Å²) in [5.74, 6) is 0.813. The third-order valence-electron chi connectivity index (χ3n) is 2.57. The molecule has 3 nitrogen and oxygen atoms in total. The normalized spacial score (nSPS) is 10.3. The molecule has 0 atom stereocenters. The minimum absolute atomic E-state index is 0.0679. The van der Waals surface area contributed by atoms with Crippen molar-refractivity contribution >= 4 is 5.78 Å². The van der Waals surface area contributed by atoms with Gasteiger partial charge < -0.3 is 9.15 Å². The Labute approximate surface area is 106 Å². The maximum Gasteiger partial charge on any atom is 0.167 e. The van der Waals surface area contributed by atoms with Crippen LogP contribution in [-0.2, 0) is 6.42 Å². The van der Waals surface area contributed by atoms with E-state index >= 15 is 0 Å². The molecule has 18 heavy (non-hydrogen) atoms. The molecule has 1 heterocycles. The van der Waals surface area contributed by atoms with E-state index in [-0.39, 0.29) is 5.78 Å². The fourth-order valence-corrected chi connectivity index (χ4v) is 1.66. The van der Waals surface area contributed by atoms with Gasteiger partial charge in [-0.15, -0.1) is 0 Å². The number of hydrogen-bond donors (Lipinski definition) is 0. The van der Waals surface area contributed by atoms with E-state index in [9.17, 15) is 4.79 Å². The Hall–Kier alpha value is -2.03. The second-order valence-corrected chi connectivity index (χ2v) is 4.11. The van der Waals surface area contributed by atoms with Crippen molar-refractivity contribution in [2.75, 3.05) is 6.61 Å². The lowest BCUT2D eigenvalue weighted by molar-refractivity contribution is 0.0992. The van der Waals surface area contributed by atoms with Gasteiger partial charge in [0.2, 0.25) is 0 Å². The van der Waals surface area contributed by atoms with E-state index in [0.29, 0.717) is 18.6 Å². The maximum atomic E-state index is 12.0. The lowest BCUT2D eigenvalue weighted by Gasteiger charge is -2.06. The number of hydrogen-bond acceptors (Lipinski definition) is 3. The predicted octanol–water partition coefficient (Wildman–Crippen LogP) is 3.49. The van der Waals surface area contributed by atoms with E-state index in [1.165, 1.54) is 0 Å². The quantitative estimate of drug-likeness (QED) is 0.730. The number of carbonyl (C=O) groups excluding carboxylic acids is 1. The third-order valence-corrected chi connectivity index (χ3v) is 2.57. The van der Waals surface area contributed by atoms with Crippen LogP contribution in [0, 0.1) is 0 Å². The Balaban J connectivity index is 2.05. The summed E-state index contributed by atoms with van der Waals surface area (Å²) in [5, 5.41) is 0. The second-order valence-electron chi connectivity index (χ2n) is 4.11.